The van der Waals surface area contributed by atoms with Gasteiger partial charge in [0.05, 0.1) is 15.7 Å². The van der Waals surface area contributed by atoms with Crippen molar-refractivity contribution in [1.29, 1.82) is 0 Å². The highest BCUT2D eigenvalue weighted by molar-refractivity contribution is 8.02. The van der Waals surface area contributed by atoms with Gasteiger partial charge in [-0.2, -0.15) is 11.8 Å². The van der Waals surface area contributed by atoms with Gasteiger partial charge in [0.25, 0.3) is 0 Å². The molecule has 0 amide bonds. The third kappa shape index (κ3) is 2.54. The molecule has 0 N–H and O–H groups in total. The molecule has 140 valence electrons. The zero-order valence-corrected chi connectivity index (χ0v) is 16.1. The van der Waals surface area contributed by atoms with Crippen molar-refractivity contribution in [2.45, 2.75) is 40.3 Å². The summed E-state index contributed by atoms with van der Waals surface area (Å²) in [6.45, 7) is 0.0595. The van der Waals surface area contributed by atoms with Gasteiger partial charge in [-0.15, -0.1) is 0 Å². The van der Waals surface area contributed by atoms with Crippen LogP contribution >= 0.6 is 23.4 Å². The average molecular weight is 419 g/mol. The Morgan fingerprint density at radius 3 is 2.73 bits per heavy atom. The van der Waals surface area contributed by atoms with Crippen molar-refractivity contribution in [3.63, 3.8) is 0 Å². The number of benzene rings is 1. The standard InChI is InChI=1S/C18H17ClF2O3S2/c19-11-2-4-12(5-3-11)26(22,23)18-8-1-9-25-15(18)10-24-17-14(21)7-6-13(20)16(17)18/h2-6,14-15H,1,7-10H2/t14?,15-,18+/m1/s1. The van der Waals surface area contributed by atoms with Crippen LogP contribution in [0.2, 0.25) is 5.02 Å². The number of hydrogen-bond acceptors (Lipinski definition) is 4. The van der Waals surface area contributed by atoms with E-state index in [1.807, 2.05) is 0 Å². The number of halogens is 3. The lowest BCUT2D eigenvalue weighted by Gasteiger charge is -2.48. The summed E-state index contributed by atoms with van der Waals surface area (Å²) in [4.78, 5) is 0.0666. The Bertz CT molecular complexity index is 896. The van der Waals surface area contributed by atoms with E-state index in [1.165, 1.54) is 36.0 Å². The first-order chi connectivity index (χ1) is 12.4. The van der Waals surface area contributed by atoms with Crippen LogP contribution in [0, 0.1) is 0 Å². The third-order valence-electron chi connectivity index (χ3n) is 5.22. The van der Waals surface area contributed by atoms with E-state index in [1.54, 1.807) is 0 Å². The van der Waals surface area contributed by atoms with E-state index in [4.69, 9.17) is 16.3 Å². The highest BCUT2D eigenvalue weighted by Gasteiger charge is 2.60. The first-order valence-corrected chi connectivity index (χ1v) is 11.3. The second-order valence-corrected chi connectivity index (χ2v) is 10.6. The second kappa shape index (κ2) is 6.53. The van der Waals surface area contributed by atoms with Crippen molar-refractivity contribution in [3.8, 4) is 0 Å². The molecule has 4 rings (SSSR count). The minimum atomic E-state index is -3.99. The normalized spacial score (nSPS) is 31.6. The van der Waals surface area contributed by atoms with E-state index >= 15 is 0 Å². The van der Waals surface area contributed by atoms with Crippen molar-refractivity contribution in [3.05, 3.63) is 52.5 Å². The molecule has 2 heterocycles. The minimum Gasteiger partial charge on any atom is -0.493 e. The number of ether oxygens (including phenoxy) is 1. The maximum atomic E-state index is 14.9. The summed E-state index contributed by atoms with van der Waals surface area (Å²) in [6.07, 6.45) is 0.322. The van der Waals surface area contributed by atoms with Gasteiger partial charge in [-0.25, -0.2) is 17.2 Å². The average Bonchev–Trinajstić information content (AvgIpc) is 2.64. The summed E-state index contributed by atoms with van der Waals surface area (Å²) >= 11 is 7.34. The number of allylic oxidation sites excluding steroid dienone is 3. The zero-order valence-electron chi connectivity index (χ0n) is 13.8. The Labute approximate surface area is 160 Å². The van der Waals surface area contributed by atoms with Crippen molar-refractivity contribution in [1.82, 2.24) is 0 Å². The van der Waals surface area contributed by atoms with E-state index in [0.717, 1.165) is 11.8 Å². The SMILES string of the molecule is O=S(=O)(c1ccc(Cl)cc1)[C@@]12CCCS[C@@H]1COC1=C2C(F)=CCC1F. The predicted molar refractivity (Wildman–Crippen MR) is 98.5 cm³/mol. The van der Waals surface area contributed by atoms with Crippen LogP contribution in [-0.4, -0.2) is 36.9 Å². The molecule has 1 fully saturated rings. The number of fused-ring (bicyclic) bond motifs is 2. The molecule has 0 radical (unpaired) electrons. The van der Waals surface area contributed by atoms with Crippen molar-refractivity contribution >= 4 is 33.2 Å². The van der Waals surface area contributed by atoms with Crippen LogP contribution in [0.3, 0.4) is 0 Å². The van der Waals surface area contributed by atoms with E-state index in [0.29, 0.717) is 11.4 Å². The van der Waals surface area contributed by atoms with Gasteiger partial charge in [0.1, 0.15) is 22.9 Å². The maximum Gasteiger partial charge on any atom is 0.189 e. The Morgan fingerprint density at radius 2 is 2.00 bits per heavy atom. The molecule has 1 unspecified atom stereocenters. The Hall–Kier alpha value is -1.05. The summed E-state index contributed by atoms with van der Waals surface area (Å²) in [5, 5.41) is -0.0735. The molecule has 26 heavy (non-hydrogen) atoms. The number of sulfone groups is 1. The van der Waals surface area contributed by atoms with Gasteiger partial charge in [0.2, 0.25) is 0 Å². The fraction of sp³-hybridized carbons (Fsp3) is 0.444. The van der Waals surface area contributed by atoms with E-state index in [-0.39, 0.29) is 35.7 Å². The molecule has 2 aliphatic heterocycles. The van der Waals surface area contributed by atoms with Crippen molar-refractivity contribution in [2.75, 3.05) is 12.4 Å². The van der Waals surface area contributed by atoms with Gasteiger partial charge < -0.3 is 4.74 Å². The largest absolute Gasteiger partial charge is 0.493 e. The smallest absolute Gasteiger partial charge is 0.189 e. The lowest BCUT2D eigenvalue weighted by molar-refractivity contribution is 0.120. The Morgan fingerprint density at radius 1 is 1.27 bits per heavy atom. The van der Waals surface area contributed by atoms with E-state index < -0.39 is 31.8 Å². The summed E-state index contributed by atoms with van der Waals surface area (Å²) in [5.41, 5.74) is -0.116. The van der Waals surface area contributed by atoms with Crippen LogP contribution < -0.4 is 0 Å². The van der Waals surface area contributed by atoms with Crippen LogP contribution in [0.15, 0.2) is 52.4 Å². The van der Waals surface area contributed by atoms with E-state index in [2.05, 4.69) is 0 Å². The monoisotopic (exact) mass is 418 g/mol. The predicted octanol–water partition coefficient (Wildman–Crippen LogP) is 4.63. The van der Waals surface area contributed by atoms with Crippen molar-refractivity contribution in [2.24, 2.45) is 0 Å². The van der Waals surface area contributed by atoms with Gasteiger partial charge in [-0.05, 0) is 48.9 Å². The number of hydrogen-bond donors (Lipinski definition) is 0. The first kappa shape index (κ1) is 18.3. The van der Waals surface area contributed by atoms with Gasteiger partial charge in [-0.1, -0.05) is 11.6 Å². The maximum absolute atomic E-state index is 14.9. The third-order valence-corrected chi connectivity index (χ3v) is 9.63. The molecule has 1 aromatic rings. The lowest BCUT2D eigenvalue weighted by atomic mass is 9.82. The fourth-order valence-electron chi connectivity index (χ4n) is 4.02. The fourth-order valence-corrected chi connectivity index (χ4v) is 8.20. The summed E-state index contributed by atoms with van der Waals surface area (Å²) in [6, 6.07) is 5.84. The molecule has 0 saturated carbocycles. The molecule has 1 aromatic carbocycles. The number of rotatable bonds is 2. The molecular formula is C18H17ClF2O3S2. The summed E-state index contributed by atoms with van der Waals surface area (Å²) in [7, 11) is -3.99. The molecule has 8 heteroatoms. The van der Waals surface area contributed by atoms with E-state index in [9.17, 15) is 17.2 Å². The first-order valence-electron chi connectivity index (χ1n) is 8.37. The summed E-state index contributed by atoms with van der Waals surface area (Å²) < 4.78 is 60.7. The topological polar surface area (TPSA) is 43.4 Å². The van der Waals surface area contributed by atoms with Crippen molar-refractivity contribution < 1.29 is 21.9 Å². The van der Waals surface area contributed by atoms with Crippen LogP contribution in [0.4, 0.5) is 8.78 Å². The highest BCUT2D eigenvalue weighted by atomic mass is 35.5. The number of alkyl halides is 1. The van der Waals surface area contributed by atoms with Gasteiger partial charge >= 0.3 is 0 Å². The lowest BCUT2D eigenvalue weighted by Crippen LogP contribution is -2.57. The molecule has 1 saturated heterocycles. The minimum absolute atomic E-state index is 0.0595. The molecule has 3 aliphatic rings. The molecule has 3 nitrogen and oxygen atoms in total. The second-order valence-electron chi connectivity index (χ2n) is 6.62. The molecular weight excluding hydrogens is 402 g/mol. The Balaban J connectivity index is 1.97. The Kier molecular flexibility index (Phi) is 4.60. The molecule has 3 atom stereocenters. The quantitative estimate of drug-likeness (QED) is 0.702. The van der Waals surface area contributed by atoms with Gasteiger partial charge in [-0.3, -0.25) is 0 Å². The summed E-state index contributed by atoms with van der Waals surface area (Å²) in [5.74, 6) is -0.0706. The molecule has 0 bridgehead atoms. The van der Waals surface area contributed by atoms with Crippen LogP contribution in [0.1, 0.15) is 19.3 Å². The molecule has 0 spiro atoms. The highest BCUT2D eigenvalue weighted by Crippen LogP contribution is 2.54. The molecule has 1 aliphatic carbocycles. The van der Waals surface area contributed by atoms with Gasteiger partial charge in [0.15, 0.2) is 16.0 Å². The molecule has 0 aromatic heterocycles. The van der Waals surface area contributed by atoms with Crippen LogP contribution in [-0.2, 0) is 14.6 Å². The zero-order chi connectivity index (χ0) is 18.5. The van der Waals surface area contributed by atoms with Crippen LogP contribution in [0.5, 0.6) is 0 Å². The van der Waals surface area contributed by atoms with Crippen LogP contribution in [0.25, 0.3) is 0 Å². The number of thioether (sulfide) groups is 1. The van der Waals surface area contributed by atoms with Gasteiger partial charge in [0, 0.05) is 11.4 Å².